The molecule has 0 saturated heterocycles. The number of alkyl halides is 3. The predicted molar refractivity (Wildman–Crippen MR) is 59.4 cm³/mol. The van der Waals surface area contributed by atoms with Crippen LogP contribution in [0, 0.1) is 11.5 Å². The summed E-state index contributed by atoms with van der Waals surface area (Å²) in [7, 11) is -1.28. The summed E-state index contributed by atoms with van der Waals surface area (Å²) < 4.78 is 47.4. The van der Waals surface area contributed by atoms with Crippen LogP contribution < -0.4 is 0 Å². The third-order valence-corrected chi connectivity index (χ3v) is 3.26. The van der Waals surface area contributed by atoms with Gasteiger partial charge in [-0.1, -0.05) is 6.07 Å². The third-order valence-electron chi connectivity index (χ3n) is 2.29. The van der Waals surface area contributed by atoms with E-state index in [2.05, 4.69) is 4.98 Å². The normalized spacial score (nSPS) is 15.7. The summed E-state index contributed by atoms with van der Waals surface area (Å²) in [6.07, 6.45) is -0.205. The minimum atomic E-state index is -4.48. The minimum absolute atomic E-state index is 0.429. The second-order valence-corrected chi connectivity index (χ2v) is 4.81. The molecule has 1 rings (SSSR count). The molecule has 1 N–H and O–H groups in total. The Kier molecular flexibility index (Phi) is 4.43. The molecule has 2 atom stereocenters. The Balaban J connectivity index is 3.08. The lowest BCUT2D eigenvalue weighted by molar-refractivity contribution is -0.463. The van der Waals surface area contributed by atoms with Gasteiger partial charge < -0.3 is 4.55 Å². The van der Waals surface area contributed by atoms with Crippen molar-refractivity contribution >= 4 is 11.0 Å². The van der Waals surface area contributed by atoms with E-state index in [9.17, 15) is 17.7 Å². The van der Waals surface area contributed by atoms with Gasteiger partial charge in [0.05, 0.1) is 0 Å². The quantitative estimate of drug-likeness (QED) is 0.514. The van der Waals surface area contributed by atoms with Crippen LogP contribution in [0.25, 0.3) is 0 Å². The van der Waals surface area contributed by atoms with E-state index in [1.807, 2.05) is 0 Å². The van der Waals surface area contributed by atoms with Crippen LogP contribution in [0.2, 0.25) is 0 Å². The van der Waals surface area contributed by atoms with Crippen molar-refractivity contribution in [1.82, 2.24) is 4.98 Å². The average Bonchev–Trinajstić information content (AvgIpc) is 2.28. The van der Waals surface area contributed by atoms with E-state index in [-0.39, 0.29) is 0 Å². The number of nitrogens with zero attached hydrogens (tertiary/aromatic N) is 3. The van der Waals surface area contributed by atoms with Crippen LogP contribution in [0.5, 0.6) is 0 Å². The highest BCUT2D eigenvalue weighted by molar-refractivity contribution is 7.78. The molecule has 0 radical (unpaired) electrons. The number of pyridine rings is 1. The Hall–Kier alpha value is -1.46. The lowest BCUT2D eigenvalue weighted by Crippen LogP contribution is -2.16. The summed E-state index contributed by atoms with van der Waals surface area (Å²) >= 11 is 0. The maximum atomic E-state index is 12.3. The van der Waals surface area contributed by atoms with E-state index in [1.54, 1.807) is 13.1 Å². The van der Waals surface area contributed by atoms with Crippen molar-refractivity contribution in [2.45, 2.75) is 19.1 Å². The fraction of sp³-hybridized carbons (Fsp3) is 0.400. The fourth-order valence-electron chi connectivity index (χ4n) is 1.33. The van der Waals surface area contributed by atoms with Gasteiger partial charge in [0.1, 0.15) is 22.7 Å². The largest absolute Gasteiger partial charge is 0.468 e. The second kappa shape index (κ2) is 5.46. The van der Waals surface area contributed by atoms with Gasteiger partial charge in [-0.15, -0.1) is 3.95 Å². The lowest BCUT2D eigenvalue weighted by Gasteiger charge is -2.10. The maximum absolute atomic E-state index is 12.3. The van der Waals surface area contributed by atoms with E-state index in [0.717, 1.165) is 16.2 Å². The molecular weight excluding hydrogens is 267 g/mol. The molecule has 0 aliphatic rings. The maximum Gasteiger partial charge on any atom is 0.468 e. The van der Waals surface area contributed by atoms with E-state index in [1.165, 1.54) is 12.3 Å². The van der Waals surface area contributed by atoms with Gasteiger partial charge in [-0.2, -0.15) is 13.2 Å². The molecule has 8 heteroatoms. The zero-order valence-electron chi connectivity index (χ0n) is 9.64. The van der Waals surface area contributed by atoms with Crippen LogP contribution in [0.15, 0.2) is 18.3 Å². The van der Waals surface area contributed by atoms with Gasteiger partial charge in [-0.25, -0.2) is 0 Å². The number of halogens is 3. The van der Waals surface area contributed by atoms with Crippen LogP contribution in [-0.2, 0) is 17.1 Å². The Labute approximate surface area is 105 Å². The molecule has 0 amide bonds. The molecule has 0 fully saturated rings. The summed E-state index contributed by atoms with van der Waals surface area (Å²) in [6.45, 7) is 1.60. The molecule has 1 aromatic heterocycles. The number of aromatic nitrogens is 1. The van der Waals surface area contributed by atoms with Gasteiger partial charge in [0.15, 0.2) is 5.26 Å². The molecule has 0 bridgehead atoms. The molecule has 98 valence electrons. The molecular formula is C10H11F3N3OS+. The molecule has 4 nitrogen and oxygen atoms in total. The monoisotopic (exact) mass is 278 g/mol. The Bertz CT molecular complexity index is 501. The first-order valence-corrected chi connectivity index (χ1v) is 6.39. The summed E-state index contributed by atoms with van der Waals surface area (Å²) in [4.78, 5) is 3.31. The van der Waals surface area contributed by atoms with E-state index >= 15 is 0 Å². The molecule has 0 spiro atoms. The molecule has 1 heterocycles. The number of hydrogen-bond acceptors (Lipinski definition) is 2. The molecule has 1 unspecified atom stereocenters. The summed E-state index contributed by atoms with van der Waals surface area (Å²) in [5.74, 6) is 0. The lowest BCUT2D eigenvalue weighted by atomic mass is 10.1. The van der Waals surface area contributed by atoms with Gasteiger partial charge in [-0.05, 0) is 13.0 Å². The van der Waals surface area contributed by atoms with Crippen LogP contribution in [0.3, 0.4) is 0 Å². The highest BCUT2D eigenvalue weighted by atomic mass is 32.2. The number of nitriles is 1. The summed E-state index contributed by atoms with van der Waals surface area (Å²) in [6, 6.07) is 1.56. The van der Waals surface area contributed by atoms with Crippen molar-refractivity contribution in [2.24, 2.45) is 0 Å². The molecule has 0 aliphatic heterocycles. The molecule has 0 aromatic carbocycles. The SMILES string of the molecule is C[C@@H](c1ccc(C(F)(F)F)nc1)[N+](C#N)=S(C)O. The van der Waals surface area contributed by atoms with E-state index in [4.69, 9.17) is 5.26 Å². The highest BCUT2D eigenvalue weighted by Gasteiger charge is 2.32. The van der Waals surface area contributed by atoms with Crippen molar-refractivity contribution in [2.75, 3.05) is 6.26 Å². The molecule has 1 aromatic rings. The van der Waals surface area contributed by atoms with Gasteiger partial charge >= 0.3 is 12.4 Å². The zero-order chi connectivity index (χ0) is 13.9. The van der Waals surface area contributed by atoms with Crippen LogP contribution >= 0.6 is 0 Å². The number of rotatable bonds is 2. The van der Waals surface area contributed by atoms with Crippen LogP contribution in [0.1, 0.15) is 24.2 Å². The first-order valence-electron chi connectivity index (χ1n) is 4.84. The Morgan fingerprint density at radius 3 is 2.44 bits per heavy atom. The highest BCUT2D eigenvalue weighted by Crippen LogP contribution is 2.28. The Morgan fingerprint density at radius 1 is 1.50 bits per heavy atom. The first kappa shape index (κ1) is 14.6. The van der Waals surface area contributed by atoms with Crippen molar-refractivity contribution in [3.63, 3.8) is 0 Å². The van der Waals surface area contributed by atoms with E-state index in [0.29, 0.717) is 5.56 Å². The van der Waals surface area contributed by atoms with Crippen molar-refractivity contribution < 1.29 is 21.7 Å². The molecule has 0 aliphatic carbocycles. The minimum Gasteiger partial charge on any atom is -0.306 e. The first-order chi connectivity index (χ1) is 8.27. The smallest absolute Gasteiger partial charge is 0.306 e. The van der Waals surface area contributed by atoms with Crippen LogP contribution in [-0.4, -0.2) is 19.7 Å². The Morgan fingerprint density at radius 2 is 2.11 bits per heavy atom. The third kappa shape index (κ3) is 3.27. The van der Waals surface area contributed by atoms with Gasteiger partial charge in [0.25, 0.3) is 0 Å². The number of hydrogen-bond donors (Lipinski definition) is 1. The van der Waals surface area contributed by atoms with Crippen molar-refractivity contribution in [1.29, 1.82) is 5.26 Å². The topological polar surface area (TPSA) is 59.9 Å². The average molecular weight is 278 g/mol. The van der Waals surface area contributed by atoms with Gasteiger partial charge in [0.2, 0.25) is 0 Å². The zero-order valence-corrected chi connectivity index (χ0v) is 10.5. The van der Waals surface area contributed by atoms with E-state index < -0.39 is 28.9 Å². The summed E-state index contributed by atoms with van der Waals surface area (Å²) in [5, 5.41) is 8.83. The van der Waals surface area contributed by atoms with Crippen LogP contribution in [0.4, 0.5) is 13.2 Å². The summed E-state index contributed by atoms with van der Waals surface area (Å²) in [5.41, 5.74) is -0.556. The second-order valence-electron chi connectivity index (χ2n) is 3.52. The predicted octanol–water partition coefficient (Wildman–Crippen LogP) is 2.56. The van der Waals surface area contributed by atoms with Gasteiger partial charge in [0, 0.05) is 18.0 Å². The molecule has 0 saturated carbocycles. The van der Waals surface area contributed by atoms with Gasteiger partial charge in [-0.3, -0.25) is 4.98 Å². The standard InChI is InChI=1S/C10H10F3N3OS/c1-7(16(6-14)18(2)17)8-3-4-9(15-5-8)10(11,12)13/h3-5,7H,1-2H3/p+1/t7-,18?/m0/s1. The van der Waals surface area contributed by atoms with Crippen molar-refractivity contribution in [3.8, 4) is 6.19 Å². The fourth-order valence-corrected chi connectivity index (χ4v) is 2.03. The molecule has 18 heavy (non-hydrogen) atoms. The van der Waals surface area contributed by atoms with Crippen molar-refractivity contribution in [3.05, 3.63) is 29.6 Å².